The number of nitrogens with zero attached hydrogens (tertiary/aromatic N) is 3. The molecule has 3 aliphatic rings. The molecule has 1 aliphatic carbocycles. The Kier molecular flexibility index (Phi) is 8.23. The zero-order valence-electron chi connectivity index (χ0n) is 25.5. The van der Waals surface area contributed by atoms with Gasteiger partial charge < -0.3 is 39.2 Å². The number of aromatic carboxylic acids is 1. The van der Waals surface area contributed by atoms with E-state index in [1.807, 2.05) is 9.47 Å². The van der Waals surface area contributed by atoms with E-state index in [2.05, 4.69) is 5.32 Å². The van der Waals surface area contributed by atoms with Crippen molar-refractivity contribution in [2.24, 2.45) is 0 Å². The van der Waals surface area contributed by atoms with Crippen molar-refractivity contribution in [2.75, 3.05) is 49.7 Å². The Morgan fingerprint density at radius 3 is 2.52 bits per heavy atom. The van der Waals surface area contributed by atoms with Gasteiger partial charge in [0.2, 0.25) is 11.3 Å². The minimum absolute atomic E-state index is 0.0723. The van der Waals surface area contributed by atoms with Gasteiger partial charge in [-0.3, -0.25) is 14.5 Å². The van der Waals surface area contributed by atoms with Crippen LogP contribution in [0.15, 0.2) is 41.3 Å². The summed E-state index contributed by atoms with van der Waals surface area (Å²) in [6.07, 6.45) is 2.54. The molecular weight excluding hydrogens is 603 g/mol. The van der Waals surface area contributed by atoms with E-state index in [1.54, 1.807) is 12.1 Å². The largest absolute Gasteiger partial charge is 0.492 e. The molecule has 1 saturated carbocycles. The van der Waals surface area contributed by atoms with Gasteiger partial charge in [-0.05, 0) is 49.9 Å². The van der Waals surface area contributed by atoms with Crippen LogP contribution in [-0.2, 0) is 9.53 Å². The van der Waals surface area contributed by atoms with Gasteiger partial charge in [0, 0.05) is 38.3 Å². The Bertz CT molecular complexity index is 1760. The lowest BCUT2D eigenvalue weighted by Crippen LogP contribution is -2.48. The van der Waals surface area contributed by atoms with E-state index in [1.165, 1.54) is 37.3 Å². The quantitative estimate of drug-likeness (QED) is 0.301. The molecule has 46 heavy (non-hydrogen) atoms. The summed E-state index contributed by atoms with van der Waals surface area (Å²) in [4.78, 5) is 51.5. The predicted octanol–water partition coefficient (Wildman–Crippen LogP) is 3.05. The Hall–Kier alpha value is -4.85. The summed E-state index contributed by atoms with van der Waals surface area (Å²) in [5.41, 5.74) is -0.547. The second kappa shape index (κ2) is 12.2. The number of nitrogens with one attached hydrogen (secondary N) is 1. The van der Waals surface area contributed by atoms with Gasteiger partial charge in [0.1, 0.15) is 23.9 Å². The Morgan fingerprint density at radius 1 is 1.15 bits per heavy atom. The molecule has 1 aromatic heterocycles. The second-order valence-electron chi connectivity index (χ2n) is 12.0. The van der Waals surface area contributed by atoms with Gasteiger partial charge >= 0.3 is 12.1 Å². The SMILES string of the molecule is COc1c(N2CCC(O)(COc3ccc(N4CC(CNC(C)=O)OC4=O)cc3F)CC2)ccc2c(=O)c(C(=O)O)cn(C3CC3)c12. The van der Waals surface area contributed by atoms with Crippen LogP contribution in [0.2, 0.25) is 0 Å². The third-order valence-corrected chi connectivity index (χ3v) is 8.71. The number of fused-ring (bicyclic) bond motifs is 1. The second-order valence-corrected chi connectivity index (χ2v) is 12.0. The fourth-order valence-electron chi connectivity index (χ4n) is 6.04. The van der Waals surface area contributed by atoms with Crippen LogP contribution in [0.5, 0.6) is 11.5 Å². The number of carbonyl (C=O) groups excluding carboxylic acids is 2. The highest BCUT2D eigenvalue weighted by Crippen LogP contribution is 2.43. The molecule has 0 bridgehead atoms. The van der Waals surface area contributed by atoms with Crippen LogP contribution in [0.3, 0.4) is 0 Å². The number of benzene rings is 2. The molecule has 3 heterocycles. The molecule has 3 fully saturated rings. The van der Waals surface area contributed by atoms with E-state index in [9.17, 15) is 29.4 Å². The lowest BCUT2D eigenvalue weighted by molar-refractivity contribution is -0.119. The fraction of sp³-hybridized carbons (Fsp3) is 0.438. The zero-order chi connectivity index (χ0) is 32.7. The van der Waals surface area contributed by atoms with Gasteiger partial charge in [0.05, 0.1) is 42.5 Å². The third-order valence-electron chi connectivity index (χ3n) is 8.71. The first-order chi connectivity index (χ1) is 22.0. The molecule has 2 aliphatic heterocycles. The third kappa shape index (κ3) is 6.04. The first kappa shape index (κ1) is 31.1. The average molecular weight is 639 g/mol. The molecule has 2 saturated heterocycles. The van der Waals surface area contributed by atoms with Crippen molar-refractivity contribution in [1.82, 2.24) is 9.88 Å². The first-order valence-electron chi connectivity index (χ1n) is 15.1. The van der Waals surface area contributed by atoms with E-state index in [0.29, 0.717) is 37.2 Å². The van der Waals surface area contributed by atoms with Crippen molar-refractivity contribution >= 4 is 40.2 Å². The molecule has 0 radical (unpaired) electrons. The summed E-state index contributed by atoms with van der Waals surface area (Å²) in [5.74, 6) is -1.84. The molecule has 244 valence electrons. The number of halogens is 1. The highest BCUT2D eigenvalue weighted by Gasteiger charge is 2.36. The maximum Gasteiger partial charge on any atom is 0.414 e. The molecule has 14 heteroatoms. The number of aromatic nitrogens is 1. The lowest BCUT2D eigenvalue weighted by atomic mass is 9.92. The monoisotopic (exact) mass is 638 g/mol. The number of ether oxygens (including phenoxy) is 3. The highest BCUT2D eigenvalue weighted by atomic mass is 19.1. The van der Waals surface area contributed by atoms with E-state index in [4.69, 9.17) is 14.2 Å². The van der Waals surface area contributed by atoms with Crippen LogP contribution in [0.1, 0.15) is 49.0 Å². The van der Waals surface area contributed by atoms with Gasteiger partial charge in [0.15, 0.2) is 17.3 Å². The Morgan fingerprint density at radius 2 is 1.89 bits per heavy atom. The number of aliphatic hydroxyl groups is 1. The molecule has 2 aromatic carbocycles. The number of carboxylic acids is 1. The number of carboxylic acid groups (broad SMARTS) is 1. The lowest BCUT2D eigenvalue weighted by Gasteiger charge is -2.39. The van der Waals surface area contributed by atoms with Crippen molar-refractivity contribution < 1.29 is 43.2 Å². The van der Waals surface area contributed by atoms with Crippen LogP contribution in [0.25, 0.3) is 10.9 Å². The van der Waals surface area contributed by atoms with Crippen molar-refractivity contribution in [3.63, 3.8) is 0 Å². The molecule has 3 N–H and O–H groups in total. The zero-order valence-corrected chi connectivity index (χ0v) is 25.5. The van der Waals surface area contributed by atoms with Crippen molar-refractivity contribution in [3.8, 4) is 11.5 Å². The van der Waals surface area contributed by atoms with Crippen LogP contribution >= 0.6 is 0 Å². The van der Waals surface area contributed by atoms with Gasteiger partial charge in [-0.15, -0.1) is 0 Å². The number of piperidine rings is 1. The highest BCUT2D eigenvalue weighted by molar-refractivity contribution is 5.97. The maximum absolute atomic E-state index is 15.0. The molecule has 6 rings (SSSR count). The minimum Gasteiger partial charge on any atom is -0.492 e. The van der Waals surface area contributed by atoms with Gasteiger partial charge in [-0.1, -0.05) is 0 Å². The number of hydrogen-bond acceptors (Lipinski definition) is 9. The van der Waals surface area contributed by atoms with E-state index < -0.39 is 35.0 Å². The summed E-state index contributed by atoms with van der Waals surface area (Å²) >= 11 is 0. The topological polar surface area (TPSA) is 160 Å². The molecule has 13 nitrogen and oxygen atoms in total. The Balaban J connectivity index is 1.13. The van der Waals surface area contributed by atoms with Gasteiger partial charge in [-0.2, -0.15) is 0 Å². The summed E-state index contributed by atoms with van der Waals surface area (Å²) in [7, 11) is 1.51. The van der Waals surface area contributed by atoms with E-state index in [-0.39, 0.29) is 54.0 Å². The molecule has 3 aromatic rings. The number of hydrogen-bond donors (Lipinski definition) is 3. The van der Waals surface area contributed by atoms with Crippen molar-refractivity contribution in [3.05, 3.63) is 58.1 Å². The van der Waals surface area contributed by atoms with E-state index >= 15 is 4.39 Å². The van der Waals surface area contributed by atoms with Crippen molar-refractivity contribution in [1.29, 1.82) is 0 Å². The van der Waals surface area contributed by atoms with Crippen LogP contribution in [0.4, 0.5) is 20.6 Å². The number of methoxy groups -OCH3 is 1. The van der Waals surface area contributed by atoms with Crippen LogP contribution < -0.4 is 30.0 Å². The minimum atomic E-state index is -1.28. The number of carbonyl (C=O) groups is 3. The molecular formula is C32H35FN4O9. The number of amides is 2. The molecule has 2 amide bonds. The fourth-order valence-corrected chi connectivity index (χ4v) is 6.04. The summed E-state index contributed by atoms with van der Waals surface area (Å²) < 4.78 is 33.6. The normalized spacial score (nSPS) is 19.2. The summed E-state index contributed by atoms with van der Waals surface area (Å²) in [6.45, 7) is 2.34. The number of cyclic esters (lactones) is 1. The van der Waals surface area contributed by atoms with Gasteiger partial charge in [-0.25, -0.2) is 14.0 Å². The average Bonchev–Trinajstić information content (AvgIpc) is 3.80. The van der Waals surface area contributed by atoms with Crippen LogP contribution in [0, 0.1) is 5.82 Å². The van der Waals surface area contributed by atoms with Crippen LogP contribution in [-0.4, -0.2) is 84.4 Å². The van der Waals surface area contributed by atoms with Gasteiger partial charge in [0.25, 0.3) is 0 Å². The molecule has 1 atom stereocenters. The number of rotatable bonds is 10. The predicted molar refractivity (Wildman–Crippen MR) is 165 cm³/mol. The smallest absolute Gasteiger partial charge is 0.414 e. The standard InChI is InChI=1S/C32H35FN4O9/c1-18(38)34-14-21-15-37(31(42)46-21)20-5-8-26(24(33)13-20)45-17-32(43)9-11-35(12-10-32)25-7-6-22-27(29(25)44-2)36(19-3-4-19)16-23(28(22)39)30(40)41/h5-8,13,16,19,21,43H,3-4,9-12,14-15,17H2,1-2H3,(H,34,38)(H,40,41). The van der Waals surface area contributed by atoms with Crippen molar-refractivity contribution in [2.45, 2.75) is 50.4 Å². The summed E-state index contributed by atoms with van der Waals surface area (Å²) in [6, 6.07) is 7.53. The first-order valence-corrected chi connectivity index (χ1v) is 15.1. The number of anilines is 2. The van der Waals surface area contributed by atoms with E-state index in [0.717, 1.165) is 24.6 Å². The summed E-state index contributed by atoms with van der Waals surface area (Å²) in [5, 5.41) is 23.8. The molecule has 1 unspecified atom stereocenters. The maximum atomic E-state index is 15.0. The Labute approximate surface area is 263 Å². The molecule has 0 spiro atoms. The number of pyridine rings is 1.